The molecule has 0 aliphatic carbocycles. The van der Waals surface area contributed by atoms with Crippen molar-refractivity contribution in [1.29, 1.82) is 0 Å². The maximum absolute atomic E-state index is 13.2. The lowest BCUT2D eigenvalue weighted by molar-refractivity contribution is -0.681. The molecule has 10 nitrogen and oxygen atoms in total. The summed E-state index contributed by atoms with van der Waals surface area (Å²) >= 11 is 3.07. The third-order valence-corrected chi connectivity index (χ3v) is 8.47. The van der Waals surface area contributed by atoms with Crippen LogP contribution in [0.2, 0.25) is 0 Å². The average Bonchev–Trinajstić information content (AvgIpc) is 2.93. The van der Waals surface area contributed by atoms with Crippen LogP contribution in [0.5, 0.6) is 5.75 Å². The summed E-state index contributed by atoms with van der Waals surface area (Å²) in [5, 5.41) is 1.10. The average molecular weight is 574 g/mol. The van der Waals surface area contributed by atoms with E-state index in [4.69, 9.17) is 19.9 Å². The van der Waals surface area contributed by atoms with Crippen LogP contribution in [0.15, 0.2) is 65.0 Å². The van der Waals surface area contributed by atoms with Crippen molar-refractivity contribution < 1.29 is 33.3 Å². The fourth-order valence-corrected chi connectivity index (χ4v) is 6.23. The van der Waals surface area contributed by atoms with Crippen molar-refractivity contribution in [3.05, 3.63) is 65.6 Å². The fourth-order valence-electron chi connectivity index (χ4n) is 3.91. The zero-order valence-electron chi connectivity index (χ0n) is 22.6. The van der Waals surface area contributed by atoms with Crippen LogP contribution in [0.3, 0.4) is 0 Å². The van der Waals surface area contributed by atoms with Gasteiger partial charge < -0.3 is 19.9 Å². The number of fused-ring (bicyclic) bond motifs is 1. The van der Waals surface area contributed by atoms with Gasteiger partial charge in [0.05, 0.1) is 14.2 Å². The summed E-state index contributed by atoms with van der Waals surface area (Å²) in [5.41, 5.74) is 7.29. The van der Waals surface area contributed by atoms with Crippen LogP contribution >= 0.6 is 23.5 Å². The number of esters is 1. The van der Waals surface area contributed by atoms with E-state index in [-0.39, 0.29) is 23.6 Å². The Morgan fingerprint density at radius 1 is 1.18 bits per heavy atom. The number of ether oxygens (including phenoxy) is 3. The van der Waals surface area contributed by atoms with Gasteiger partial charge in [-0.15, -0.1) is 23.5 Å². The molecular weight excluding hydrogens is 540 g/mol. The minimum Gasteiger partial charge on any atom is -0.497 e. The van der Waals surface area contributed by atoms with Crippen molar-refractivity contribution in [2.45, 2.75) is 49.3 Å². The van der Waals surface area contributed by atoms with Gasteiger partial charge in [0.25, 0.3) is 0 Å². The molecule has 3 heterocycles. The number of carbonyl (C=O) groups is 3. The summed E-state index contributed by atoms with van der Waals surface area (Å²) in [6.45, 7) is 5.51. The molecule has 2 N–H and O–H groups in total. The molecular formula is C27H33N4O6S2+. The first-order valence-corrected chi connectivity index (χ1v) is 14.4. The highest BCUT2D eigenvalue weighted by Gasteiger charge is 2.52. The van der Waals surface area contributed by atoms with E-state index in [1.54, 1.807) is 55.1 Å². The van der Waals surface area contributed by atoms with Crippen molar-refractivity contribution in [1.82, 2.24) is 4.90 Å². The van der Waals surface area contributed by atoms with Crippen LogP contribution in [-0.4, -0.2) is 65.5 Å². The van der Waals surface area contributed by atoms with Crippen LogP contribution in [-0.2, 0) is 25.7 Å². The molecule has 1 aromatic carbocycles. The minimum atomic E-state index is -0.625. The van der Waals surface area contributed by atoms with Gasteiger partial charge in [-0.05, 0) is 44.0 Å². The highest BCUT2D eigenvalue weighted by atomic mass is 32.2. The number of benzene rings is 1. The lowest BCUT2D eigenvalue weighted by Gasteiger charge is -2.48. The number of nitrogens with two attached hydrogens (primary N) is 1. The second-order valence-corrected chi connectivity index (χ2v) is 12.2. The Morgan fingerprint density at radius 3 is 2.46 bits per heavy atom. The molecule has 0 unspecified atom stereocenters. The molecule has 2 aromatic rings. The highest BCUT2D eigenvalue weighted by Crippen LogP contribution is 2.41. The van der Waals surface area contributed by atoms with Gasteiger partial charge in [-0.2, -0.15) is 0 Å². The number of pyridine rings is 1. The normalized spacial score (nSPS) is 18.7. The smallest absolute Gasteiger partial charge is 0.463 e. The number of thioether (sulfide) groups is 2. The summed E-state index contributed by atoms with van der Waals surface area (Å²) in [4.78, 5) is 40.6. The highest BCUT2D eigenvalue weighted by molar-refractivity contribution is 8.01. The van der Waals surface area contributed by atoms with Crippen LogP contribution in [0, 0.1) is 0 Å². The van der Waals surface area contributed by atoms with Gasteiger partial charge in [-0.1, -0.05) is 21.8 Å². The molecule has 4 rings (SSSR count). The van der Waals surface area contributed by atoms with Crippen molar-refractivity contribution in [2.24, 2.45) is 5.73 Å². The number of aromatic nitrogens is 1. The van der Waals surface area contributed by atoms with Crippen LogP contribution in [0.1, 0.15) is 26.3 Å². The summed E-state index contributed by atoms with van der Waals surface area (Å²) in [6, 6.07) is 10.4. The Morgan fingerprint density at radius 2 is 1.85 bits per heavy atom. The number of rotatable bonds is 8. The SMILES string of the molecule is COc1ccc(COC(=O)C2=C(CSc3cc[n+](N(C)C(=O)OC(C)(C)C)cc3)CS[C@@H]3[C@H](N)C(=O)N23)cc1. The molecule has 39 heavy (non-hydrogen) atoms. The Balaban J connectivity index is 1.45. The summed E-state index contributed by atoms with van der Waals surface area (Å²) in [5.74, 6) is 0.935. The van der Waals surface area contributed by atoms with Crippen molar-refractivity contribution in [3.8, 4) is 5.75 Å². The van der Waals surface area contributed by atoms with E-state index in [2.05, 4.69) is 0 Å². The maximum atomic E-state index is 13.2. The molecule has 1 aromatic heterocycles. The van der Waals surface area contributed by atoms with Crippen LogP contribution in [0.25, 0.3) is 0 Å². The van der Waals surface area contributed by atoms with Gasteiger partial charge in [-0.3, -0.25) is 9.69 Å². The van der Waals surface area contributed by atoms with Gasteiger partial charge in [-0.25, -0.2) is 9.59 Å². The Kier molecular flexibility index (Phi) is 8.77. The topological polar surface area (TPSA) is 115 Å². The lowest BCUT2D eigenvalue weighted by atomic mass is 10.0. The lowest BCUT2D eigenvalue weighted by Crippen LogP contribution is -2.68. The molecule has 2 aliphatic rings. The van der Waals surface area contributed by atoms with E-state index in [0.29, 0.717) is 17.3 Å². The zero-order valence-corrected chi connectivity index (χ0v) is 24.2. The van der Waals surface area contributed by atoms with E-state index < -0.39 is 23.7 Å². The second-order valence-electron chi connectivity index (χ2n) is 10.0. The molecule has 2 aliphatic heterocycles. The van der Waals surface area contributed by atoms with Gasteiger partial charge in [0.1, 0.15) is 35.1 Å². The van der Waals surface area contributed by atoms with Gasteiger partial charge >= 0.3 is 12.1 Å². The number of β-lactam (4-membered cyclic amide) rings is 1. The van der Waals surface area contributed by atoms with Crippen molar-refractivity contribution >= 4 is 41.5 Å². The first-order valence-electron chi connectivity index (χ1n) is 12.3. The van der Waals surface area contributed by atoms with Crippen LogP contribution < -0.4 is 20.2 Å². The summed E-state index contributed by atoms with van der Waals surface area (Å²) in [6.07, 6.45) is 3.05. The van der Waals surface area contributed by atoms with E-state index >= 15 is 0 Å². The van der Waals surface area contributed by atoms with E-state index in [0.717, 1.165) is 16.0 Å². The molecule has 2 atom stereocenters. The Hall–Kier alpha value is -3.22. The predicted octanol–water partition coefficient (Wildman–Crippen LogP) is 2.82. The monoisotopic (exact) mass is 573 g/mol. The van der Waals surface area contributed by atoms with Crippen molar-refractivity contribution in [3.63, 3.8) is 0 Å². The van der Waals surface area contributed by atoms with Gasteiger partial charge in [0.15, 0.2) is 0 Å². The summed E-state index contributed by atoms with van der Waals surface area (Å²) < 4.78 is 17.8. The fraction of sp³-hybridized carbons (Fsp3) is 0.407. The van der Waals surface area contributed by atoms with Gasteiger partial charge in [0, 0.05) is 28.5 Å². The number of nitrogens with zero attached hydrogens (tertiary/aromatic N) is 3. The molecule has 0 spiro atoms. The quantitative estimate of drug-likeness (QED) is 0.220. The molecule has 1 fully saturated rings. The molecule has 12 heteroatoms. The molecule has 1 saturated heterocycles. The van der Waals surface area contributed by atoms with E-state index in [1.807, 2.05) is 45.0 Å². The third-order valence-electron chi connectivity index (χ3n) is 6.01. The van der Waals surface area contributed by atoms with Crippen LogP contribution in [0.4, 0.5) is 4.79 Å². The molecule has 0 bridgehead atoms. The minimum absolute atomic E-state index is 0.0719. The Labute approximate surface area is 236 Å². The van der Waals surface area contributed by atoms with Crippen molar-refractivity contribution in [2.75, 3.05) is 30.7 Å². The number of hydrogen-bond acceptors (Lipinski definition) is 9. The number of carbonyl (C=O) groups excluding carboxylic acids is 3. The molecule has 0 radical (unpaired) electrons. The molecule has 0 saturated carbocycles. The van der Waals surface area contributed by atoms with E-state index in [9.17, 15) is 14.4 Å². The zero-order chi connectivity index (χ0) is 28.3. The predicted molar refractivity (Wildman–Crippen MR) is 149 cm³/mol. The van der Waals surface area contributed by atoms with E-state index in [1.165, 1.54) is 21.7 Å². The maximum Gasteiger partial charge on any atom is 0.463 e. The first-order chi connectivity index (χ1) is 18.5. The molecule has 2 amide bonds. The number of amides is 2. The molecule has 208 valence electrons. The summed E-state index contributed by atoms with van der Waals surface area (Å²) in [7, 11) is 3.21. The Bertz CT molecular complexity index is 1260. The number of hydrogen-bond donors (Lipinski definition) is 1. The first kappa shape index (κ1) is 28.8. The van der Waals surface area contributed by atoms with Gasteiger partial charge in [0.2, 0.25) is 18.3 Å². The largest absolute Gasteiger partial charge is 0.497 e. The second kappa shape index (κ2) is 11.9. The third kappa shape index (κ3) is 6.68. The standard InChI is InChI=1S/C27H33N4O6S2/c1-27(2,3)37-26(34)29(4)30-12-10-20(11-13-30)38-15-18-16-39-24-21(28)23(32)31(24)22(18)25(33)36-14-17-6-8-19(35-5)9-7-17/h6-13,21,24H,14-16,28H2,1-5H3/q+1/t21-,24-/m1/s1. The number of methoxy groups -OCH3 is 1.